The first-order valence-electron chi connectivity index (χ1n) is 8.56. The first kappa shape index (κ1) is 19.1. The Hall–Kier alpha value is 0.0900. The molecule has 112 valence electrons. The van der Waals surface area contributed by atoms with Gasteiger partial charge in [0, 0.05) is 5.37 Å². The Bertz CT molecular complexity index is 165. The zero-order valence-corrected chi connectivity index (χ0v) is 13.7. The normalized spacial score (nSPS) is 10.8. The molecule has 0 saturated heterocycles. The van der Waals surface area contributed by atoms with Gasteiger partial charge in [-0.3, -0.25) is 0 Å². The molecular formula is C18H34S. The molecule has 0 aliphatic carbocycles. The average Bonchev–Trinajstić information content (AvgIpc) is 2.43. The fourth-order valence-electron chi connectivity index (χ4n) is 2.50. The van der Waals surface area contributed by atoms with Crippen molar-refractivity contribution in [2.24, 2.45) is 0 Å². The first-order valence-corrected chi connectivity index (χ1v) is 8.97. The highest BCUT2D eigenvalue weighted by Crippen LogP contribution is 2.13. The van der Waals surface area contributed by atoms with Crippen LogP contribution in [0.4, 0.5) is 0 Å². The predicted octanol–water partition coefficient (Wildman–Crippen LogP) is 6.94. The molecule has 0 N–H and O–H groups in total. The Balaban J connectivity index is 2.89. The summed E-state index contributed by atoms with van der Waals surface area (Å²) in [7, 11) is 0. The van der Waals surface area contributed by atoms with Crippen LogP contribution in [0.2, 0.25) is 0 Å². The molecule has 0 aromatic carbocycles. The Labute approximate surface area is 127 Å². The van der Waals surface area contributed by atoms with Gasteiger partial charge in [0.15, 0.2) is 0 Å². The topological polar surface area (TPSA) is 0 Å². The molecule has 19 heavy (non-hydrogen) atoms. The molecule has 0 nitrogen and oxygen atoms in total. The van der Waals surface area contributed by atoms with E-state index >= 15 is 0 Å². The van der Waals surface area contributed by atoms with Crippen LogP contribution in [0, 0.1) is 6.92 Å². The van der Waals surface area contributed by atoms with Crippen LogP contribution < -0.4 is 0 Å². The van der Waals surface area contributed by atoms with E-state index in [2.05, 4.69) is 12.3 Å². The van der Waals surface area contributed by atoms with Gasteiger partial charge >= 0.3 is 0 Å². The Morgan fingerprint density at radius 2 is 0.842 bits per heavy atom. The summed E-state index contributed by atoms with van der Waals surface area (Å²) >= 11 is 4.70. The van der Waals surface area contributed by atoms with E-state index in [0.717, 1.165) is 12.8 Å². The summed E-state index contributed by atoms with van der Waals surface area (Å²) < 4.78 is 0. The maximum Gasteiger partial charge on any atom is 0.0291 e. The minimum atomic E-state index is 1.00. The van der Waals surface area contributed by atoms with E-state index in [0.29, 0.717) is 0 Å². The highest BCUT2D eigenvalue weighted by atomic mass is 32.1. The summed E-state index contributed by atoms with van der Waals surface area (Å²) in [5, 5.41) is 2.79. The monoisotopic (exact) mass is 282 g/mol. The molecule has 0 aliphatic heterocycles. The van der Waals surface area contributed by atoms with Gasteiger partial charge in [-0.15, -0.1) is 0 Å². The molecule has 0 amide bonds. The molecule has 0 aromatic heterocycles. The number of hydrogen-bond donors (Lipinski definition) is 0. The lowest BCUT2D eigenvalue weighted by Crippen LogP contribution is -1.83. The largest absolute Gasteiger partial charge is 0.0837 e. The van der Waals surface area contributed by atoms with Crippen LogP contribution in [-0.4, -0.2) is 5.37 Å². The van der Waals surface area contributed by atoms with Gasteiger partial charge in [0.05, 0.1) is 0 Å². The van der Waals surface area contributed by atoms with Gasteiger partial charge < -0.3 is 0 Å². The molecule has 0 atom stereocenters. The summed E-state index contributed by atoms with van der Waals surface area (Å²) in [6.45, 7) is 3.88. The minimum Gasteiger partial charge on any atom is -0.0837 e. The molecule has 0 fully saturated rings. The van der Waals surface area contributed by atoms with E-state index in [1.807, 2.05) is 0 Å². The smallest absolute Gasteiger partial charge is 0.0291 e. The molecule has 0 aliphatic rings. The third-order valence-electron chi connectivity index (χ3n) is 3.78. The molecule has 0 spiro atoms. The lowest BCUT2D eigenvalue weighted by Gasteiger charge is -2.03. The number of unbranched alkanes of at least 4 members (excludes halogenated alkanes) is 15. The summed E-state index contributed by atoms with van der Waals surface area (Å²) in [6, 6.07) is 0. The summed E-state index contributed by atoms with van der Waals surface area (Å²) in [4.78, 5) is 0. The average molecular weight is 283 g/mol. The molecule has 0 aromatic rings. The SMILES string of the molecule is [CH2]CCCCCCCCCCCCCCCC[C]=S. The fourth-order valence-corrected chi connectivity index (χ4v) is 2.64. The van der Waals surface area contributed by atoms with Gasteiger partial charge in [0.1, 0.15) is 0 Å². The number of hydrogen-bond acceptors (Lipinski definition) is 1. The summed E-state index contributed by atoms with van der Waals surface area (Å²) in [5.41, 5.74) is 0. The third kappa shape index (κ3) is 18.1. The molecule has 0 unspecified atom stereocenters. The van der Waals surface area contributed by atoms with Crippen LogP contribution in [-0.2, 0) is 0 Å². The Morgan fingerprint density at radius 3 is 1.16 bits per heavy atom. The zero-order chi connectivity index (χ0) is 14.0. The standard InChI is InChI=1S/C18H34S/c1-2-3-4-5-6-7-8-9-10-11-12-13-14-15-16-17-18-19/h1-17H2. The maximum absolute atomic E-state index is 4.70. The van der Waals surface area contributed by atoms with E-state index in [9.17, 15) is 0 Å². The van der Waals surface area contributed by atoms with Crippen molar-refractivity contribution in [3.8, 4) is 0 Å². The second kappa shape index (κ2) is 18.1. The summed E-state index contributed by atoms with van der Waals surface area (Å²) in [5.74, 6) is 0. The lowest BCUT2D eigenvalue weighted by molar-refractivity contribution is 0.535. The lowest BCUT2D eigenvalue weighted by atomic mass is 10.0. The summed E-state index contributed by atoms with van der Waals surface area (Å²) in [6.07, 6.45) is 21.8. The van der Waals surface area contributed by atoms with Crippen molar-refractivity contribution >= 4 is 17.6 Å². The van der Waals surface area contributed by atoms with Gasteiger partial charge in [0.2, 0.25) is 0 Å². The van der Waals surface area contributed by atoms with Crippen molar-refractivity contribution in [2.45, 2.75) is 103 Å². The van der Waals surface area contributed by atoms with Crippen molar-refractivity contribution in [3.63, 3.8) is 0 Å². The Morgan fingerprint density at radius 1 is 0.526 bits per heavy atom. The second-order valence-electron chi connectivity index (χ2n) is 5.70. The highest BCUT2D eigenvalue weighted by Gasteiger charge is 1.93. The molecule has 0 bridgehead atoms. The van der Waals surface area contributed by atoms with Crippen LogP contribution in [0.1, 0.15) is 103 Å². The number of rotatable bonds is 16. The van der Waals surface area contributed by atoms with E-state index in [1.165, 1.54) is 89.9 Å². The van der Waals surface area contributed by atoms with Crippen LogP contribution in [0.5, 0.6) is 0 Å². The van der Waals surface area contributed by atoms with Gasteiger partial charge in [-0.05, 0) is 12.8 Å². The molecule has 0 heterocycles. The highest BCUT2D eigenvalue weighted by molar-refractivity contribution is 7.78. The van der Waals surface area contributed by atoms with E-state index in [1.54, 1.807) is 0 Å². The minimum absolute atomic E-state index is 1.00. The second-order valence-corrected chi connectivity index (χ2v) is 5.99. The van der Waals surface area contributed by atoms with Crippen molar-refractivity contribution in [1.82, 2.24) is 0 Å². The quantitative estimate of drug-likeness (QED) is 0.218. The van der Waals surface area contributed by atoms with Crippen LogP contribution >= 0.6 is 12.2 Å². The molecule has 2 radical (unpaired) electrons. The molecule has 0 rings (SSSR count). The van der Waals surface area contributed by atoms with E-state index in [4.69, 9.17) is 12.2 Å². The van der Waals surface area contributed by atoms with E-state index in [-0.39, 0.29) is 0 Å². The van der Waals surface area contributed by atoms with Crippen molar-refractivity contribution in [1.29, 1.82) is 0 Å². The van der Waals surface area contributed by atoms with Gasteiger partial charge in [-0.2, -0.15) is 0 Å². The third-order valence-corrected chi connectivity index (χ3v) is 3.98. The first-order chi connectivity index (χ1) is 9.41. The zero-order valence-electron chi connectivity index (χ0n) is 12.9. The molecular weight excluding hydrogens is 248 g/mol. The van der Waals surface area contributed by atoms with Gasteiger partial charge in [-0.25, -0.2) is 0 Å². The van der Waals surface area contributed by atoms with Gasteiger partial charge in [0.25, 0.3) is 0 Å². The van der Waals surface area contributed by atoms with Crippen molar-refractivity contribution in [2.75, 3.05) is 0 Å². The maximum atomic E-state index is 4.70. The molecule has 0 saturated carbocycles. The van der Waals surface area contributed by atoms with Crippen LogP contribution in [0.25, 0.3) is 0 Å². The predicted molar refractivity (Wildman–Crippen MR) is 91.8 cm³/mol. The van der Waals surface area contributed by atoms with Crippen molar-refractivity contribution < 1.29 is 0 Å². The molecule has 1 heteroatoms. The van der Waals surface area contributed by atoms with Crippen LogP contribution in [0.15, 0.2) is 0 Å². The number of thiocarbonyl (C=S) groups is 1. The van der Waals surface area contributed by atoms with E-state index < -0.39 is 0 Å². The van der Waals surface area contributed by atoms with Gasteiger partial charge in [-0.1, -0.05) is 109 Å². The van der Waals surface area contributed by atoms with Crippen LogP contribution in [0.3, 0.4) is 0 Å². The van der Waals surface area contributed by atoms with Crippen molar-refractivity contribution in [3.05, 3.63) is 6.92 Å². The fraction of sp³-hybridized carbons (Fsp3) is 0.889. The Kier molecular flexibility index (Phi) is 18.2.